The van der Waals surface area contributed by atoms with Gasteiger partial charge in [0.2, 0.25) is 0 Å². The molecular formula is C22H21Cl2NO. The third-order valence-corrected chi connectivity index (χ3v) is 4.88. The van der Waals surface area contributed by atoms with Crippen molar-refractivity contribution in [2.45, 2.75) is 27.0 Å². The van der Waals surface area contributed by atoms with E-state index in [-0.39, 0.29) is 0 Å². The van der Waals surface area contributed by atoms with Crippen LogP contribution in [0.4, 0.5) is 5.69 Å². The van der Waals surface area contributed by atoms with Crippen molar-refractivity contribution in [1.82, 2.24) is 0 Å². The normalized spacial score (nSPS) is 10.6. The van der Waals surface area contributed by atoms with E-state index >= 15 is 0 Å². The fourth-order valence-corrected chi connectivity index (χ4v) is 2.96. The van der Waals surface area contributed by atoms with Gasteiger partial charge in [0.25, 0.3) is 0 Å². The quantitative estimate of drug-likeness (QED) is 0.503. The summed E-state index contributed by atoms with van der Waals surface area (Å²) in [4.78, 5) is 0. The highest BCUT2D eigenvalue weighted by Crippen LogP contribution is 2.27. The molecule has 1 N–H and O–H groups in total. The van der Waals surface area contributed by atoms with Crippen LogP contribution in [0.25, 0.3) is 0 Å². The first kappa shape index (κ1) is 18.6. The molecule has 0 amide bonds. The van der Waals surface area contributed by atoms with Gasteiger partial charge in [-0.1, -0.05) is 65.2 Å². The Balaban J connectivity index is 1.59. The van der Waals surface area contributed by atoms with Crippen molar-refractivity contribution in [2.75, 3.05) is 5.32 Å². The summed E-state index contributed by atoms with van der Waals surface area (Å²) in [7, 11) is 0. The van der Waals surface area contributed by atoms with Crippen LogP contribution in [0.1, 0.15) is 22.3 Å². The van der Waals surface area contributed by atoms with Gasteiger partial charge in [0.1, 0.15) is 12.4 Å². The summed E-state index contributed by atoms with van der Waals surface area (Å²) >= 11 is 12.5. The summed E-state index contributed by atoms with van der Waals surface area (Å²) < 4.78 is 5.84. The van der Waals surface area contributed by atoms with Crippen LogP contribution in [0.15, 0.2) is 60.7 Å². The monoisotopic (exact) mass is 385 g/mol. The molecule has 0 saturated carbocycles. The van der Waals surface area contributed by atoms with Gasteiger partial charge in [0.15, 0.2) is 0 Å². The van der Waals surface area contributed by atoms with Gasteiger partial charge >= 0.3 is 0 Å². The van der Waals surface area contributed by atoms with Crippen LogP contribution in [0, 0.1) is 13.8 Å². The van der Waals surface area contributed by atoms with E-state index in [0.717, 1.165) is 27.4 Å². The maximum Gasteiger partial charge on any atom is 0.138 e. The number of halogens is 2. The molecule has 0 aliphatic rings. The minimum Gasteiger partial charge on any atom is -0.487 e. The molecule has 3 aromatic carbocycles. The van der Waals surface area contributed by atoms with Crippen molar-refractivity contribution in [3.05, 3.63) is 93.0 Å². The van der Waals surface area contributed by atoms with E-state index in [9.17, 15) is 0 Å². The van der Waals surface area contributed by atoms with Crippen molar-refractivity contribution in [3.8, 4) is 5.75 Å². The minimum absolute atomic E-state index is 0.499. The molecule has 3 rings (SSSR count). The number of hydrogen-bond donors (Lipinski definition) is 1. The Morgan fingerprint density at radius 1 is 0.808 bits per heavy atom. The molecule has 0 aromatic heterocycles. The Kier molecular flexibility index (Phi) is 6.08. The van der Waals surface area contributed by atoms with Crippen molar-refractivity contribution in [3.63, 3.8) is 0 Å². The predicted molar refractivity (Wildman–Crippen MR) is 110 cm³/mol. The highest BCUT2D eigenvalue weighted by Gasteiger charge is 2.05. The van der Waals surface area contributed by atoms with Crippen LogP contribution in [0.3, 0.4) is 0 Å². The lowest BCUT2D eigenvalue weighted by molar-refractivity contribution is 0.306. The van der Waals surface area contributed by atoms with Crippen molar-refractivity contribution >= 4 is 28.9 Å². The van der Waals surface area contributed by atoms with Gasteiger partial charge in [0.05, 0.1) is 5.02 Å². The molecule has 0 radical (unpaired) electrons. The Hall–Kier alpha value is -2.16. The van der Waals surface area contributed by atoms with E-state index in [1.54, 1.807) is 0 Å². The van der Waals surface area contributed by atoms with Crippen LogP contribution in [0.2, 0.25) is 10.0 Å². The first-order valence-corrected chi connectivity index (χ1v) is 9.23. The van der Waals surface area contributed by atoms with Gasteiger partial charge < -0.3 is 10.1 Å². The number of hydrogen-bond acceptors (Lipinski definition) is 2. The first-order valence-electron chi connectivity index (χ1n) is 8.48. The summed E-state index contributed by atoms with van der Waals surface area (Å²) in [5.41, 5.74) is 5.48. The van der Waals surface area contributed by atoms with Gasteiger partial charge in [0, 0.05) is 17.3 Å². The predicted octanol–water partition coefficient (Wildman–Crippen LogP) is 6.80. The summed E-state index contributed by atoms with van der Waals surface area (Å²) in [5, 5.41) is 4.72. The fraction of sp³-hybridized carbons (Fsp3) is 0.182. The molecule has 26 heavy (non-hydrogen) atoms. The minimum atomic E-state index is 0.499. The van der Waals surface area contributed by atoms with E-state index in [1.807, 2.05) is 43.3 Å². The van der Waals surface area contributed by atoms with Crippen molar-refractivity contribution in [2.24, 2.45) is 0 Å². The molecule has 0 bridgehead atoms. The largest absolute Gasteiger partial charge is 0.487 e. The lowest BCUT2D eigenvalue weighted by Crippen LogP contribution is -2.01. The lowest BCUT2D eigenvalue weighted by atomic mass is 10.1. The zero-order valence-electron chi connectivity index (χ0n) is 14.9. The second kappa shape index (κ2) is 8.48. The maximum absolute atomic E-state index is 6.37. The summed E-state index contributed by atoms with van der Waals surface area (Å²) in [6, 6.07) is 20.1. The van der Waals surface area contributed by atoms with Crippen LogP contribution >= 0.6 is 23.2 Å². The second-order valence-corrected chi connectivity index (χ2v) is 7.17. The van der Waals surface area contributed by atoms with Crippen LogP contribution < -0.4 is 10.1 Å². The van der Waals surface area contributed by atoms with Crippen molar-refractivity contribution < 1.29 is 4.74 Å². The van der Waals surface area contributed by atoms with Gasteiger partial charge in [-0.3, -0.25) is 0 Å². The Labute approximate surface area is 164 Å². The SMILES string of the molecule is Cc1ccc(COc2ccc(CNc3ccc(C)c(Cl)c3)cc2Cl)cc1. The average Bonchev–Trinajstić information content (AvgIpc) is 2.63. The Morgan fingerprint density at radius 2 is 1.54 bits per heavy atom. The molecule has 2 nitrogen and oxygen atoms in total. The molecule has 3 aromatic rings. The molecule has 0 aliphatic heterocycles. The van der Waals surface area contributed by atoms with Crippen LogP contribution in [-0.4, -0.2) is 0 Å². The zero-order valence-corrected chi connectivity index (χ0v) is 16.4. The molecule has 0 atom stereocenters. The molecule has 0 spiro atoms. The smallest absolute Gasteiger partial charge is 0.138 e. The molecule has 134 valence electrons. The highest BCUT2D eigenvalue weighted by molar-refractivity contribution is 6.32. The van der Waals surface area contributed by atoms with Gasteiger partial charge in [-0.15, -0.1) is 0 Å². The number of nitrogens with one attached hydrogen (secondary N) is 1. The van der Waals surface area contributed by atoms with Gasteiger partial charge in [-0.05, 0) is 54.8 Å². The Morgan fingerprint density at radius 3 is 2.23 bits per heavy atom. The lowest BCUT2D eigenvalue weighted by Gasteiger charge is -2.11. The number of anilines is 1. The number of rotatable bonds is 6. The molecular weight excluding hydrogens is 365 g/mol. The Bertz CT molecular complexity index is 891. The summed E-state index contributed by atoms with van der Waals surface area (Å²) in [5.74, 6) is 0.689. The van der Waals surface area contributed by atoms with E-state index in [2.05, 4.69) is 36.5 Å². The van der Waals surface area contributed by atoms with E-state index in [0.29, 0.717) is 23.9 Å². The fourth-order valence-electron chi connectivity index (χ4n) is 2.52. The van der Waals surface area contributed by atoms with E-state index in [1.165, 1.54) is 5.56 Å². The maximum atomic E-state index is 6.37. The number of benzene rings is 3. The summed E-state index contributed by atoms with van der Waals surface area (Å²) in [6.45, 7) is 5.22. The van der Waals surface area contributed by atoms with Gasteiger partial charge in [-0.25, -0.2) is 0 Å². The third kappa shape index (κ3) is 4.94. The van der Waals surface area contributed by atoms with Gasteiger partial charge in [-0.2, -0.15) is 0 Å². The highest BCUT2D eigenvalue weighted by atomic mass is 35.5. The van der Waals surface area contributed by atoms with E-state index in [4.69, 9.17) is 27.9 Å². The van der Waals surface area contributed by atoms with Crippen LogP contribution in [-0.2, 0) is 13.2 Å². The standard InChI is InChI=1S/C22H21Cl2NO/c1-15-3-6-17(7-4-15)14-26-22-10-8-18(11-21(22)24)13-25-19-9-5-16(2)20(23)12-19/h3-12,25H,13-14H2,1-2H3. The molecule has 0 aliphatic carbocycles. The molecule has 0 heterocycles. The molecule has 0 unspecified atom stereocenters. The molecule has 4 heteroatoms. The third-order valence-electron chi connectivity index (χ3n) is 4.18. The molecule has 0 saturated heterocycles. The summed E-state index contributed by atoms with van der Waals surface area (Å²) in [6.07, 6.45) is 0. The number of ether oxygens (including phenoxy) is 1. The zero-order chi connectivity index (χ0) is 18.5. The molecule has 0 fully saturated rings. The van der Waals surface area contributed by atoms with Crippen molar-refractivity contribution in [1.29, 1.82) is 0 Å². The average molecular weight is 386 g/mol. The van der Waals surface area contributed by atoms with E-state index < -0.39 is 0 Å². The topological polar surface area (TPSA) is 21.3 Å². The first-order chi connectivity index (χ1) is 12.5. The van der Waals surface area contributed by atoms with Crippen LogP contribution in [0.5, 0.6) is 5.75 Å². The second-order valence-electron chi connectivity index (χ2n) is 6.36. The number of aryl methyl sites for hydroxylation is 2.